The number of carboxylic acids is 1. The number of aliphatic hydroxyl groups excluding tert-OH is 1. The van der Waals surface area contributed by atoms with Crippen LogP contribution in [0.5, 0.6) is 0 Å². The molecule has 0 fully saturated rings. The first-order valence-corrected chi connectivity index (χ1v) is 3.96. The minimum Gasteiger partial charge on any atom is -0.478 e. The zero-order chi connectivity index (χ0) is 10.1. The Hall–Kier alpha value is -1.36. The number of aliphatic hydroxyl groups is 1. The molecular formula is C8H13NO4. The van der Waals surface area contributed by atoms with E-state index in [4.69, 9.17) is 10.2 Å². The van der Waals surface area contributed by atoms with Gasteiger partial charge in [-0.05, 0) is 12.8 Å². The molecule has 0 saturated carbocycles. The number of nitrogens with one attached hydrogen (secondary N) is 1. The monoisotopic (exact) mass is 187 g/mol. The maximum Gasteiger partial charge on any atom is 0.328 e. The molecule has 3 N–H and O–H groups in total. The number of unbranched alkanes of at least 4 members (excludes halogenated alkanes) is 1. The average molecular weight is 187 g/mol. The molecule has 13 heavy (non-hydrogen) atoms. The predicted molar refractivity (Wildman–Crippen MR) is 46.1 cm³/mol. The minimum atomic E-state index is -1.15. The molecule has 1 amide bonds. The summed E-state index contributed by atoms with van der Waals surface area (Å²) in [5, 5.41) is 19.0. The van der Waals surface area contributed by atoms with Crippen LogP contribution in [0.25, 0.3) is 0 Å². The largest absolute Gasteiger partial charge is 0.478 e. The number of aliphatic carboxylic acids is 1. The van der Waals surface area contributed by atoms with Gasteiger partial charge in [-0.1, -0.05) is 0 Å². The third-order valence-corrected chi connectivity index (χ3v) is 1.26. The van der Waals surface area contributed by atoms with Crippen molar-refractivity contribution >= 4 is 11.9 Å². The maximum absolute atomic E-state index is 10.8. The maximum atomic E-state index is 10.8. The zero-order valence-electron chi connectivity index (χ0n) is 7.19. The van der Waals surface area contributed by atoms with E-state index < -0.39 is 11.9 Å². The van der Waals surface area contributed by atoms with Crippen molar-refractivity contribution < 1.29 is 19.8 Å². The molecule has 0 radical (unpaired) electrons. The van der Waals surface area contributed by atoms with E-state index >= 15 is 0 Å². The molecule has 0 aliphatic heterocycles. The van der Waals surface area contributed by atoms with Gasteiger partial charge in [0.2, 0.25) is 5.91 Å². The third kappa shape index (κ3) is 8.55. The van der Waals surface area contributed by atoms with Crippen LogP contribution < -0.4 is 5.32 Å². The zero-order valence-corrected chi connectivity index (χ0v) is 7.19. The van der Waals surface area contributed by atoms with Gasteiger partial charge in [0.1, 0.15) is 0 Å². The molecule has 0 aliphatic rings. The van der Waals surface area contributed by atoms with Gasteiger partial charge in [-0.3, -0.25) is 4.79 Å². The van der Waals surface area contributed by atoms with Crippen molar-refractivity contribution in [1.82, 2.24) is 5.32 Å². The molecule has 0 bridgehead atoms. The first-order chi connectivity index (χ1) is 6.16. The Morgan fingerprint density at radius 3 is 2.46 bits per heavy atom. The Kier molecular flexibility index (Phi) is 6.53. The van der Waals surface area contributed by atoms with Gasteiger partial charge in [-0.15, -0.1) is 0 Å². The van der Waals surface area contributed by atoms with E-state index in [1.54, 1.807) is 0 Å². The lowest BCUT2D eigenvalue weighted by atomic mass is 10.3. The summed E-state index contributed by atoms with van der Waals surface area (Å²) in [6.07, 6.45) is 3.05. The van der Waals surface area contributed by atoms with Gasteiger partial charge in [0.15, 0.2) is 0 Å². The Morgan fingerprint density at radius 1 is 1.23 bits per heavy atom. The van der Waals surface area contributed by atoms with Crippen LogP contribution in [-0.2, 0) is 9.59 Å². The van der Waals surface area contributed by atoms with Crippen LogP contribution >= 0.6 is 0 Å². The fourth-order valence-electron chi connectivity index (χ4n) is 0.654. The van der Waals surface area contributed by atoms with Crippen molar-refractivity contribution in [2.45, 2.75) is 12.8 Å². The Morgan fingerprint density at radius 2 is 1.92 bits per heavy atom. The molecular weight excluding hydrogens is 174 g/mol. The van der Waals surface area contributed by atoms with Gasteiger partial charge < -0.3 is 15.5 Å². The molecule has 0 rings (SSSR count). The summed E-state index contributed by atoms with van der Waals surface area (Å²) >= 11 is 0. The number of carbonyl (C=O) groups is 2. The number of carbonyl (C=O) groups excluding carboxylic acids is 1. The fourth-order valence-corrected chi connectivity index (χ4v) is 0.654. The highest BCUT2D eigenvalue weighted by atomic mass is 16.4. The molecule has 74 valence electrons. The second-order valence-corrected chi connectivity index (χ2v) is 2.39. The summed E-state index contributed by atoms with van der Waals surface area (Å²) in [7, 11) is 0. The first-order valence-electron chi connectivity index (χ1n) is 3.96. The second kappa shape index (κ2) is 7.30. The third-order valence-electron chi connectivity index (χ3n) is 1.26. The van der Waals surface area contributed by atoms with Crippen LogP contribution in [0.3, 0.4) is 0 Å². The summed E-state index contributed by atoms with van der Waals surface area (Å²) in [5.41, 5.74) is 0. The minimum absolute atomic E-state index is 0.0981. The summed E-state index contributed by atoms with van der Waals surface area (Å²) in [5.74, 6) is -1.58. The molecule has 0 aromatic rings. The molecule has 0 heterocycles. The lowest BCUT2D eigenvalue weighted by molar-refractivity contribution is -0.131. The highest BCUT2D eigenvalue weighted by Gasteiger charge is 1.95. The number of hydrogen-bond donors (Lipinski definition) is 3. The molecule has 0 aromatic heterocycles. The van der Waals surface area contributed by atoms with Gasteiger partial charge in [0.25, 0.3) is 0 Å². The molecule has 0 aliphatic carbocycles. The fraction of sp³-hybridized carbons (Fsp3) is 0.500. The van der Waals surface area contributed by atoms with Crippen molar-refractivity contribution in [3.8, 4) is 0 Å². The van der Waals surface area contributed by atoms with Crippen molar-refractivity contribution in [2.24, 2.45) is 0 Å². The van der Waals surface area contributed by atoms with Gasteiger partial charge in [0, 0.05) is 25.3 Å². The van der Waals surface area contributed by atoms with E-state index in [0.717, 1.165) is 12.2 Å². The number of carboxylic acid groups (broad SMARTS) is 1. The topological polar surface area (TPSA) is 86.6 Å². The van der Waals surface area contributed by atoms with Crippen LogP contribution in [0, 0.1) is 0 Å². The van der Waals surface area contributed by atoms with E-state index in [2.05, 4.69) is 5.32 Å². The van der Waals surface area contributed by atoms with E-state index in [-0.39, 0.29) is 6.61 Å². The molecule has 0 unspecified atom stereocenters. The molecule has 5 heteroatoms. The average Bonchev–Trinajstić information content (AvgIpc) is 2.09. The standard InChI is InChI=1S/C8H13NO4/c10-6-2-1-5-9-7(11)3-4-8(12)13/h3-4,10H,1-2,5-6H2,(H,9,11)(H,12,13)/b4-3+. The molecule has 0 saturated heterocycles. The SMILES string of the molecule is O=C(O)/C=C/C(=O)NCCCCO. The van der Waals surface area contributed by atoms with Crippen LogP contribution in [0.2, 0.25) is 0 Å². The number of amides is 1. The highest BCUT2D eigenvalue weighted by molar-refractivity contribution is 5.93. The lowest BCUT2D eigenvalue weighted by Gasteiger charge is -1.99. The normalized spacial score (nSPS) is 10.2. The smallest absolute Gasteiger partial charge is 0.328 e. The summed E-state index contributed by atoms with van der Waals surface area (Å²) in [6.45, 7) is 0.546. The van der Waals surface area contributed by atoms with Crippen molar-refractivity contribution in [1.29, 1.82) is 0 Å². The summed E-state index contributed by atoms with van der Waals surface area (Å²) < 4.78 is 0. The lowest BCUT2D eigenvalue weighted by Crippen LogP contribution is -2.22. The molecule has 5 nitrogen and oxygen atoms in total. The first kappa shape index (κ1) is 11.6. The Bertz CT molecular complexity index is 200. The molecule has 0 spiro atoms. The van der Waals surface area contributed by atoms with Gasteiger partial charge in [-0.2, -0.15) is 0 Å². The Labute approximate surface area is 76.1 Å². The van der Waals surface area contributed by atoms with E-state index in [1.165, 1.54) is 0 Å². The van der Waals surface area contributed by atoms with Gasteiger partial charge in [0.05, 0.1) is 0 Å². The number of hydrogen-bond acceptors (Lipinski definition) is 3. The quantitative estimate of drug-likeness (QED) is 0.387. The molecule has 0 atom stereocenters. The van der Waals surface area contributed by atoms with Crippen LogP contribution in [0.4, 0.5) is 0 Å². The summed E-state index contributed by atoms with van der Waals surface area (Å²) in [6, 6.07) is 0. The second-order valence-electron chi connectivity index (χ2n) is 2.39. The van der Waals surface area contributed by atoms with Crippen molar-refractivity contribution in [2.75, 3.05) is 13.2 Å². The molecule has 0 aromatic carbocycles. The predicted octanol–water partition coefficient (Wildman–Crippen LogP) is -0.484. The van der Waals surface area contributed by atoms with Crippen molar-refractivity contribution in [3.05, 3.63) is 12.2 Å². The summed E-state index contributed by atoms with van der Waals surface area (Å²) in [4.78, 5) is 20.8. The van der Waals surface area contributed by atoms with Gasteiger partial charge >= 0.3 is 5.97 Å². The van der Waals surface area contributed by atoms with E-state index in [9.17, 15) is 9.59 Å². The number of rotatable bonds is 6. The van der Waals surface area contributed by atoms with Crippen LogP contribution in [-0.4, -0.2) is 35.2 Å². The van der Waals surface area contributed by atoms with E-state index in [1.807, 2.05) is 0 Å². The Balaban J connectivity index is 3.46. The van der Waals surface area contributed by atoms with Crippen molar-refractivity contribution in [3.63, 3.8) is 0 Å². The van der Waals surface area contributed by atoms with Crippen LogP contribution in [0.1, 0.15) is 12.8 Å². The van der Waals surface area contributed by atoms with Crippen LogP contribution in [0.15, 0.2) is 12.2 Å². The van der Waals surface area contributed by atoms with E-state index in [0.29, 0.717) is 19.4 Å². The highest BCUT2D eigenvalue weighted by Crippen LogP contribution is 1.84. The van der Waals surface area contributed by atoms with Gasteiger partial charge in [-0.25, -0.2) is 4.79 Å².